The van der Waals surface area contributed by atoms with Gasteiger partial charge in [-0.15, -0.1) is 11.3 Å². The molecular formula is C19H22N2O3S. The molecule has 132 valence electrons. The Bertz CT molecular complexity index is 749. The van der Waals surface area contributed by atoms with Crippen LogP contribution in [0.15, 0.2) is 34.9 Å². The summed E-state index contributed by atoms with van der Waals surface area (Å²) in [6, 6.07) is 8.12. The number of carbonyl (C=O) groups excluding carboxylic acids is 2. The van der Waals surface area contributed by atoms with E-state index in [-0.39, 0.29) is 17.9 Å². The molecule has 2 aromatic rings. The van der Waals surface area contributed by atoms with Crippen LogP contribution in [0.25, 0.3) is 0 Å². The lowest BCUT2D eigenvalue weighted by atomic mass is 10.1. The SMILES string of the molecule is O=C(NC1CC1)c1ccc([C@@H]2CCCN2C(=O)CCc2ccco2)s1. The summed E-state index contributed by atoms with van der Waals surface area (Å²) in [5, 5.41) is 3.02. The van der Waals surface area contributed by atoms with Gasteiger partial charge in [0.1, 0.15) is 5.76 Å². The molecule has 25 heavy (non-hydrogen) atoms. The summed E-state index contributed by atoms with van der Waals surface area (Å²) < 4.78 is 5.31. The quantitative estimate of drug-likeness (QED) is 0.859. The van der Waals surface area contributed by atoms with Crippen LogP contribution >= 0.6 is 11.3 Å². The molecule has 1 atom stereocenters. The zero-order valence-corrected chi connectivity index (χ0v) is 14.9. The van der Waals surface area contributed by atoms with Gasteiger partial charge in [0, 0.05) is 30.3 Å². The van der Waals surface area contributed by atoms with Gasteiger partial charge in [0.05, 0.1) is 17.2 Å². The van der Waals surface area contributed by atoms with Crippen LogP contribution in [0.3, 0.4) is 0 Å². The Labute approximate surface area is 151 Å². The van der Waals surface area contributed by atoms with Gasteiger partial charge in [0.25, 0.3) is 5.91 Å². The van der Waals surface area contributed by atoms with E-state index in [1.165, 1.54) is 11.3 Å². The van der Waals surface area contributed by atoms with Crippen molar-refractivity contribution in [3.8, 4) is 0 Å². The van der Waals surface area contributed by atoms with Crippen LogP contribution in [0.5, 0.6) is 0 Å². The molecule has 1 saturated carbocycles. The van der Waals surface area contributed by atoms with Crippen LogP contribution in [-0.2, 0) is 11.2 Å². The average Bonchev–Trinajstić information content (AvgIpc) is 3.10. The zero-order chi connectivity index (χ0) is 17.2. The van der Waals surface area contributed by atoms with Crippen molar-refractivity contribution in [3.63, 3.8) is 0 Å². The van der Waals surface area contributed by atoms with Crippen molar-refractivity contribution in [1.82, 2.24) is 10.2 Å². The van der Waals surface area contributed by atoms with E-state index in [1.807, 2.05) is 29.2 Å². The van der Waals surface area contributed by atoms with Crippen LogP contribution in [0.1, 0.15) is 58.5 Å². The van der Waals surface area contributed by atoms with Crippen molar-refractivity contribution in [1.29, 1.82) is 0 Å². The molecule has 0 aromatic carbocycles. The first-order valence-electron chi connectivity index (χ1n) is 8.93. The van der Waals surface area contributed by atoms with E-state index in [9.17, 15) is 9.59 Å². The van der Waals surface area contributed by atoms with Crippen molar-refractivity contribution < 1.29 is 14.0 Å². The Morgan fingerprint density at radius 3 is 2.88 bits per heavy atom. The highest BCUT2D eigenvalue weighted by atomic mass is 32.1. The summed E-state index contributed by atoms with van der Waals surface area (Å²) in [7, 11) is 0. The molecule has 4 rings (SSSR count). The lowest BCUT2D eigenvalue weighted by Gasteiger charge is -2.23. The summed E-state index contributed by atoms with van der Waals surface area (Å²) >= 11 is 1.52. The second-order valence-electron chi connectivity index (χ2n) is 6.77. The molecule has 1 aliphatic heterocycles. The maximum Gasteiger partial charge on any atom is 0.261 e. The topological polar surface area (TPSA) is 62.6 Å². The number of likely N-dealkylation sites (tertiary alicyclic amines) is 1. The summed E-state index contributed by atoms with van der Waals surface area (Å²) in [6.45, 7) is 0.795. The zero-order valence-electron chi connectivity index (χ0n) is 14.1. The summed E-state index contributed by atoms with van der Waals surface area (Å²) in [6.07, 6.45) is 6.89. The molecular weight excluding hydrogens is 336 g/mol. The van der Waals surface area contributed by atoms with Gasteiger partial charge in [-0.2, -0.15) is 0 Å². The highest BCUT2D eigenvalue weighted by Crippen LogP contribution is 2.36. The summed E-state index contributed by atoms with van der Waals surface area (Å²) in [5.41, 5.74) is 0. The van der Waals surface area contributed by atoms with Crippen LogP contribution in [0.2, 0.25) is 0 Å². The molecule has 0 unspecified atom stereocenters. The second-order valence-corrected chi connectivity index (χ2v) is 7.89. The van der Waals surface area contributed by atoms with Crippen LogP contribution in [-0.4, -0.2) is 29.3 Å². The minimum atomic E-state index is 0.0208. The predicted molar refractivity (Wildman–Crippen MR) is 95.5 cm³/mol. The van der Waals surface area contributed by atoms with E-state index in [1.54, 1.807) is 6.26 Å². The third kappa shape index (κ3) is 3.79. The average molecular weight is 358 g/mol. The molecule has 2 fully saturated rings. The minimum absolute atomic E-state index is 0.0208. The number of furan rings is 1. The van der Waals surface area contributed by atoms with E-state index < -0.39 is 0 Å². The van der Waals surface area contributed by atoms with Crippen LogP contribution in [0, 0.1) is 0 Å². The molecule has 6 heteroatoms. The number of hydrogen-bond donors (Lipinski definition) is 1. The summed E-state index contributed by atoms with van der Waals surface area (Å²) in [5.74, 6) is 1.03. The fourth-order valence-corrected chi connectivity index (χ4v) is 4.39. The predicted octanol–water partition coefficient (Wildman–Crippen LogP) is 3.53. The minimum Gasteiger partial charge on any atom is -0.469 e. The van der Waals surface area contributed by atoms with Crippen molar-refractivity contribution in [2.75, 3.05) is 6.54 Å². The van der Waals surface area contributed by atoms with Gasteiger partial charge in [-0.05, 0) is 49.9 Å². The molecule has 0 bridgehead atoms. The summed E-state index contributed by atoms with van der Waals surface area (Å²) in [4.78, 5) is 28.6. The number of rotatable bonds is 6. The Hall–Kier alpha value is -2.08. The fraction of sp³-hybridized carbons (Fsp3) is 0.474. The number of nitrogens with zero attached hydrogens (tertiary/aromatic N) is 1. The van der Waals surface area contributed by atoms with Crippen molar-refractivity contribution in [2.45, 2.75) is 50.6 Å². The Balaban J connectivity index is 1.39. The van der Waals surface area contributed by atoms with Gasteiger partial charge >= 0.3 is 0 Å². The van der Waals surface area contributed by atoms with Gasteiger partial charge in [0.15, 0.2) is 0 Å². The largest absolute Gasteiger partial charge is 0.469 e. The van der Waals surface area contributed by atoms with Gasteiger partial charge < -0.3 is 14.6 Å². The number of thiophene rings is 1. The lowest BCUT2D eigenvalue weighted by Crippen LogP contribution is -2.30. The first kappa shape index (κ1) is 16.4. The van der Waals surface area contributed by atoms with Gasteiger partial charge in [-0.3, -0.25) is 9.59 Å². The maximum absolute atomic E-state index is 12.6. The molecule has 2 aromatic heterocycles. The number of amides is 2. The highest BCUT2D eigenvalue weighted by Gasteiger charge is 2.31. The fourth-order valence-electron chi connectivity index (χ4n) is 3.33. The van der Waals surface area contributed by atoms with E-state index in [4.69, 9.17) is 4.42 Å². The molecule has 2 amide bonds. The molecule has 3 heterocycles. The molecule has 2 aliphatic rings. The number of carbonyl (C=O) groups is 2. The number of nitrogens with one attached hydrogen (secondary N) is 1. The molecule has 5 nitrogen and oxygen atoms in total. The third-order valence-electron chi connectivity index (χ3n) is 4.83. The lowest BCUT2D eigenvalue weighted by molar-refractivity contribution is -0.132. The van der Waals surface area contributed by atoms with E-state index in [0.29, 0.717) is 18.9 Å². The first-order valence-corrected chi connectivity index (χ1v) is 9.75. The smallest absolute Gasteiger partial charge is 0.261 e. The highest BCUT2D eigenvalue weighted by molar-refractivity contribution is 7.14. The van der Waals surface area contributed by atoms with Crippen LogP contribution in [0.4, 0.5) is 0 Å². The number of hydrogen-bond acceptors (Lipinski definition) is 4. The first-order chi connectivity index (χ1) is 12.2. The number of aryl methyl sites for hydroxylation is 1. The van der Waals surface area contributed by atoms with E-state index in [0.717, 1.165) is 47.7 Å². The normalized spacial score (nSPS) is 20.0. The standard InChI is InChI=1S/C19H22N2O3S/c22-18(10-7-14-3-2-12-24-14)21-11-1-4-15(21)16-8-9-17(25-16)19(23)20-13-5-6-13/h2-3,8-9,12-13,15H,1,4-7,10-11H2,(H,20,23)/t15-/m0/s1. The van der Waals surface area contributed by atoms with E-state index >= 15 is 0 Å². The Morgan fingerprint density at radius 1 is 1.24 bits per heavy atom. The Kier molecular flexibility index (Phi) is 4.61. The maximum atomic E-state index is 12.6. The second kappa shape index (κ2) is 7.04. The Morgan fingerprint density at radius 2 is 2.12 bits per heavy atom. The van der Waals surface area contributed by atoms with Gasteiger partial charge in [-0.1, -0.05) is 0 Å². The molecule has 1 saturated heterocycles. The van der Waals surface area contributed by atoms with Crippen molar-refractivity contribution in [3.05, 3.63) is 46.0 Å². The molecule has 1 N–H and O–H groups in total. The van der Waals surface area contributed by atoms with Gasteiger partial charge in [0.2, 0.25) is 5.91 Å². The third-order valence-corrected chi connectivity index (χ3v) is 6.02. The monoisotopic (exact) mass is 358 g/mol. The van der Waals surface area contributed by atoms with Crippen LogP contribution < -0.4 is 5.32 Å². The molecule has 0 radical (unpaired) electrons. The molecule has 0 spiro atoms. The van der Waals surface area contributed by atoms with Crippen molar-refractivity contribution in [2.24, 2.45) is 0 Å². The molecule has 1 aliphatic carbocycles. The van der Waals surface area contributed by atoms with E-state index in [2.05, 4.69) is 5.32 Å². The van der Waals surface area contributed by atoms with Crippen molar-refractivity contribution >= 4 is 23.2 Å². The van der Waals surface area contributed by atoms with Gasteiger partial charge in [-0.25, -0.2) is 0 Å².